The van der Waals surface area contributed by atoms with Crippen LogP contribution in [0.15, 0.2) is 58.1 Å². The molecule has 0 aliphatic heterocycles. The molecule has 1 heterocycles. The number of hydrogen-bond acceptors (Lipinski definition) is 5. The largest absolute Gasteiger partial charge is 0.454 e. The van der Waals surface area contributed by atoms with Crippen molar-refractivity contribution in [3.63, 3.8) is 0 Å². The lowest BCUT2D eigenvalue weighted by molar-refractivity contribution is -0.149. The Balaban J connectivity index is 1.67. The van der Waals surface area contributed by atoms with Crippen molar-refractivity contribution in [2.45, 2.75) is 26.6 Å². The molecule has 1 aromatic heterocycles. The minimum atomic E-state index is -0.815. The highest BCUT2D eigenvalue weighted by atomic mass is 19.1. The second-order valence-corrected chi connectivity index (χ2v) is 6.46. The molecule has 0 aliphatic rings. The van der Waals surface area contributed by atoms with Crippen LogP contribution in [0, 0.1) is 5.82 Å². The predicted octanol–water partition coefficient (Wildman–Crippen LogP) is 1.18. The Labute approximate surface area is 170 Å². The fourth-order valence-corrected chi connectivity index (χ4v) is 3.01. The number of carbonyl (C=O) groups is 2. The SMILES string of the molecule is CCn1c(=O)c2ccccc2n(CC(=O)OCC(=O)NCc2ccccc2F)c1=O. The molecule has 0 spiro atoms. The van der Waals surface area contributed by atoms with E-state index < -0.39 is 42.1 Å². The first-order valence-electron chi connectivity index (χ1n) is 9.30. The van der Waals surface area contributed by atoms with Crippen molar-refractivity contribution >= 4 is 22.8 Å². The number of halogens is 1. The third-order valence-corrected chi connectivity index (χ3v) is 4.53. The van der Waals surface area contributed by atoms with Crippen LogP contribution >= 0.6 is 0 Å². The molecule has 8 nitrogen and oxygen atoms in total. The van der Waals surface area contributed by atoms with Crippen molar-refractivity contribution in [1.82, 2.24) is 14.5 Å². The van der Waals surface area contributed by atoms with Crippen LogP contribution in [-0.4, -0.2) is 27.6 Å². The summed E-state index contributed by atoms with van der Waals surface area (Å²) >= 11 is 0. The molecule has 0 aliphatic carbocycles. The molecule has 0 saturated carbocycles. The maximum absolute atomic E-state index is 13.6. The van der Waals surface area contributed by atoms with Gasteiger partial charge in [-0.2, -0.15) is 0 Å². The van der Waals surface area contributed by atoms with Gasteiger partial charge in [-0.25, -0.2) is 9.18 Å². The zero-order chi connectivity index (χ0) is 21.7. The second kappa shape index (κ2) is 9.17. The molecule has 3 rings (SSSR count). The van der Waals surface area contributed by atoms with E-state index in [9.17, 15) is 23.6 Å². The monoisotopic (exact) mass is 413 g/mol. The highest BCUT2D eigenvalue weighted by Crippen LogP contribution is 2.08. The number of nitrogens with one attached hydrogen (secondary N) is 1. The Morgan fingerprint density at radius 2 is 1.73 bits per heavy atom. The van der Waals surface area contributed by atoms with Crippen LogP contribution in [0.1, 0.15) is 12.5 Å². The van der Waals surface area contributed by atoms with Gasteiger partial charge in [0.2, 0.25) is 0 Å². The number of aromatic nitrogens is 2. The summed E-state index contributed by atoms with van der Waals surface area (Å²) in [6.07, 6.45) is 0. The van der Waals surface area contributed by atoms with E-state index in [2.05, 4.69) is 5.32 Å². The van der Waals surface area contributed by atoms with E-state index in [4.69, 9.17) is 4.74 Å². The number of rotatable bonds is 7. The van der Waals surface area contributed by atoms with Crippen molar-refractivity contribution < 1.29 is 18.7 Å². The molecule has 3 aromatic rings. The summed E-state index contributed by atoms with van der Waals surface area (Å²) in [5.41, 5.74) is -0.465. The summed E-state index contributed by atoms with van der Waals surface area (Å²) in [5.74, 6) is -1.88. The number of fused-ring (bicyclic) bond motifs is 1. The van der Waals surface area contributed by atoms with Gasteiger partial charge in [-0.1, -0.05) is 30.3 Å². The highest BCUT2D eigenvalue weighted by Gasteiger charge is 2.16. The molecule has 1 N–H and O–H groups in total. The summed E-state index contributed by atoms with van der Waals surface area (Å²) in [4.78, 5) is 49.1. The number of carbonyl (C=O) groups excluding carboxylic acids is 2. The zero-order valence-corrected chi connectivity index (χ0v) is 16.3. The first-order valence-corrected chi connectivity index (χ1v) is 9.30. The van der Waals surface area contributed by atoms with Crippen molar-refractivity contribution in [2.24, 2.45) is 0 Å². The standard InChI is InChI=1S/C21H20FN3O5/c1-2-24-20(28)15-8-4-6-10-17(15)25(21(24)29)12-19(27)30-13-18(26)23-11-14-7-3-5-9-16(14)22/h3-10H,2,11-13H2,1H3,(H,23,26). The van der Waals surface area contributed by atoms with Gasteiger partial charge in [0.05, 0.1) is 10.9 Å². The first-order chi connectivity index (χ1) is 14.4. The van der Waals surface area contributed by atoms with Gasteiger partial charge in [0.15, 0.2) is 6.61 Å². The maximum Gasteiger partial charge on any atom is 0.332 e. The molecule has 9 heteroatoms. The van der Waals surface area contributed by atoms with Crippen LogP contribution in [0.3, 0.4) is 0 Å². The Morgan fingerprint density at radius 3 is 2.47 bits per heavy atom. The normalized spacial score (nSPS) is 10.7. The predicted molar refractivity (Wildman–Crippen MR) is 107 cm³/mol. The van der Waals surface area contributed by atoms with E-state index in [-0.39, 0.29) is 13.1 Å². The molecule has 0 radical (unpaired) electrons. The van der Waals surface area contributed by atoms with E-state index >= 15 is 0 Å². The molecule has 1 amide bonds. The Hall–Kier alpha value is -3.75. The fourth-order valence-electron chi connectivity index (χ4n) is 3.01. The molecule has 0 atom stereocenters. The second-order valence-electron chi connectivity index (χ2n) is 6.46. The molecule has 30 heavy (non-hydrogen) atoms. The summed E-state index contributed by atoms with van der Waals surface area (Å²) < 4.78 is 20.7. The molecule has 2 aromatic carbocycles. The van der Waals surface area contributed by atoms with Crippen LogP contribution in [0.25, 0.3) is 10.9 Å². The van der Waals surface area contributed by atoms with Crippen molar-refractivity contribution in [3.05, 3.63) is 80.7 Å². The summed E-state index contributed by atoms with van der Waals surface area (Å²) in [7, 11) is 0. The number of esters is 1. The Bertz CT molecular complexity index is 1220. The Kier molecular flexibility index (Phi) is 6.41. The van der Waals surface area contributed by atoms with Gasteiger partial charge in [0.1, 0.15) is 12.4 Å². The number of para-hydroxylation sites is 1. The van der Waals surface area contributed by atoms with Crippen molar-refractivity contribution in [2.75, 3.05) is 6.61 Å². The number of benzene rings is 2. The summed E-state index contributed by atoms with van der Waals surface area (Å²) in [5, 5.41) is 2.76. The maximum atomic E-state index is 13.6. The lowest BCUT2D eigenvalue weighted by Crippen LogP contribution is -2.41. The van der Waals surface area contributed by atoms with Gasteiger partial charge in [-0.05, 0) is 25.1 Å². The minimum absolute atomic E-state index is 0.0470. The summed E-state index contributed by atoms with van der Waals surface area (Å²) in [6, 6.07) is 12.4. The first kappa shape index (κ1) is 21.0. The summed E-state index contributed by atoms with van der Waals surface area (Å²) in [6.45, 7) is 0.721. The molecule has 0 saturated heterocycles. The van der Waals surface area contributed by atoms with E-state index in [1.54, 1.807) is 37.3 Å². The van der Waals surface area contributed by atoms with Crippen LogP contribution in [-0.2, 0) is 34.0 Å². The highest BCUT2D eigenvalue weighted by molar-refractivity contribution is 5.82. The van der Waals surface area contributed by atoms with E-state index in [0.717, 1.165) is 9.13 Å². The lowest BCUT2D eigenvalue weighted by atomic mass is 10.2. The van der Waals surface area contributed by atoms with Gasteiger partial charge in [0, 0.05) is 18.7 Å². The molecule has 156 valence electrons. The number of hydrogen-bond donors (Lipinski definition) is 1. The third kappa shape index (κ3) is 4.45. The molecule has 0 fully saturated rings. The lowest BCUT2D eigenvalue weighted by Gasteiger charge is -2.13. The van der Waals surface area contributed by atoms with E-state index in [1.807, 2.05) is 0 Å². The van der Waals surface area contributed by atoms with Crippen LogP contribution in [0.2, 0.25) is 0 Å². The molecule has 0 unspecified atom stereocenters. The smallest absolute Gasteiger partial charge is 0.332 e. The minimum Gasteiger partial charge on any atom is -0.454 e. The molecular weight excluding hydrogens is 393 g/mol. The number of ether oxygens (including phenoxy) is 1. The van der Waals surface area contributed by atoms with Crippen LogP contribution in [0.4, 0.5) is 4.39 Å². The van der Waals surface area contributed by atoms with Gasteiger partial charge in [-0.3, -0.25) is 23.5 Å². The number of nitrogens with zero attached hydrogens (tertiary/aromatic N) is 2. The molecule has 0 bridgehead atoms. The van der Waals surface area contributed by atoms with Gasteiger partial charge < -0.3 is 10.1 Å². The van der Waals surface area contributed by atoms with Gasteiger partial charge in [0.25, 0.3) is 11.5 Å². The molecular formula is C21H20FN3O5. The van der Waals surface area contributed by atoms with Crippen molar-refractivity contribution in [3.8, 4) is 0 Å². The number of amides is 1. The van der Waals surface area contributed by atoms with E-state index in [1.165, 1.54) is 18.2 Å². The average Bonchev–Trinajstić information content (AvgIpc) is 2.75. The zero-order valence-electron chi connectivity index (χ0n) is 16.3. The van der Waals surface area contributed by atoms with E-state index in [0.29, 0.717) is 16.5 Å². The quantitative estimate of drug-likeness (QED) is 0.587. The topological polar surface area (TPSA) is 99.4 Å². The van der Waals surface area contributed by atoms with Crippen molar-refractivity contribution in [1.29, 1.82) is 0 Å². The average molecular weight is 413 g/mol. The Morgan fingerprint density at radius 1 is 1.03 bits per heavy atom. The fraction of sp³-hybridized carbons (Fsp3) is 0.238. The van der Waals surface area contributed by atoms with Crippen LogP contribution < -0.4 is 16.6 Å². The van der Waals surface area contributed by atoms with Gasteiger partial charge in [-0.15, -0.1) is 0 Å². The third-order valence-electron chi connectivity index (χ3n) is 4.53. The van der Waals surface area contributed by atoms with Crippen LogP contribution in [0.5, 0.6) is 0 Å². The van der Waals surface area contributed by atoms with Gasteiger partial charge >= 0.3 is 11.7 Å².